The zero-order chi connectivity index (χ0) is 14.3. The van der Waals surface area contributed by atoms with Crippen LogP contribution >= 0.6 is 11.6 Å². The van der Waals surface area contributed by atoms with Crippen LogP contribution in [0.2, 0.25) is 5.02 Å². The number of halogens is 1. The zero-order valence-electron chi connectivity index (χ0n) is 11.2. The van der Waals surface area contributed by atoms with Gasteiger partial charge in [0.15, 0.2) is 11.5 Å². The molecule has 0 fully saturated rings. The highest BCUT2D eigenvalue weighted by atomic mass is 35.5. The first kappa shape index (κ1) is 15.6. The molecular weight excluding hydrogens is 268 g/mol. The van der Waals surface area contributed by atoms with E-state index in [0.717, 1.165) is 19.3 Å². The Hall–Kier alpha value is -1.42. The van der Waals surface area contributed by atoms with Crippen molar-refractivity contribution < 1.29 is 19.4 Å². The molecular formula is C14H19ClO4. The maximum absolute atomic E-state index is 11.0. The lowest BCUT2D eigenvalue weighted by molar-refractivity contribution is 0.0696. The average Bonchev–Trinajstić information content (AvgIpc) is 2.36. The van der Waals surface area contributed by atoms with E-state index < -0.39 is 5.97 Å². The lowest BCUT2D eigenvalue weighted by Gasteiger charge is -2.14. The van der Waals surface area contributed by atoms with E-state index in [2.05, 4.69) is 6.92 Å². The molecule has 4 nitrogen and oxygen atoms in total. The summed E-state index contributed by atoms with van der Waals surface area (Å²) in [6.45, 7) is 4.90. The van der Waals surface area contributed by atoms with Gasteiger partial charge in [0.1, 0.15) is 0 Å². The second-order valence-corrected chi connectivity index (χ2v) is 4.49. The Labute approximate surface area is 118 Å². The van der Waals surface area contributed by atoms with Crippen LogP contribution in [0, 0.1) is 0 Å². The molecule has 0 amide bonds. The third kappa shape index (κ3) is 4.63. The average molecular weight is 287 g/mol. The van der Waals surface area contributed by atoms with Gasteiger partial charge in [-0.25, -0.2) is 4.79 Å². The van der Waals surface area contributed by atoms with Gasteiger partial charge < -0.3 is 14.6 Å². The predicted molar refractivity (Wildman–Crippen MR) is 74.6 cm³/mol. The number of unbranched alkanes of at least 4 members (excludes halogenated alkanes) is 2. The van der Waals surface area contributed by atoms with Crippen LogP contribution in [0.3, 0.4) is 0 Å². The van der Waals surface area contributed by atoms with Crippen molar-refractivity contribution in [3.63, 3.8) is 0 Å². The van der Waals surface area contributed by atoms with Gasteiger partial charge in [-0.1, -0.05) is 31.4 Å². The van der Waals surface area contributed by atoms with Gasteiger partial charge in [0.05, 0.1) is 23.8 Å². The van der Waals surface area contributed by atoms with Crippen molar-refractivity contribution in [1.29, 1.82) is 0 Å². The second-order valence-electron chi connectivity index (χ2n) is 4.08. The Morgan fingerprint density at radius 1 is 1.26 bits per heavy atom. The zero-order valence-corrected chi connectivity index (χ0v) is 12.0. The molecule has 0 bridgehead atoms. The van der Waals surface area contributed by atoms with Crippen LogP contribution in [0.15, 0.2) is 12.1 Å². The van der Waals surface area contributed by atoms with Crippen LogP contribution in [0.4, 0.5) is 0 Å². The molecule has 1 rings (SSSR count). The molecule has 1 aromatic carbocycles. The number of hydrogen-bond acceptors (Lipinski definition) is 3. The van der Waals surface area contributed by atoms with Gasteiger partial charge in [-0.3, -0.25) is 0 Å². The van der Waals surface area contributed by atoms with Crippen molar-refractivity contribution in [2.75, 3.05) is 13.2 Å². The number of ether oxygens (including phenoxy) is 2. The maximum atomic E-state index is 11.0. The highest BCUT2D eigenvalue weighted by Crippen LogP contribution is 2.36. The van der Waals surface area contributed by atoms with Gasteiger partial charge in [0.2, 0.25) is 0 Å². The van der Waals surface area contributed by atoms with Crippen LogP contribution in [-0.4, -0.2) is 24.3 Å². The van der Waals surface area contributed by atoms with Crippen LogP contribution in [0.25, 0.3) is 0 Å². The normalized spacial score (nSPS) is 10.3. The van der Waals surface area contributed by atoms with Crippen molar-refractivity contribution in [1.82, 2.24) is 0 Å². The molecule has 5 heteroatoms. The highest BCUT2D eigenvalue weighted by molar-refractivity contribution is 6.32. The molecule has 0 aliphatic carbocycles. The summed E-state index contributed by atoms with van der Waals surface area (Å²) in [5.74, 6) is -0.242. The highest BCUT2D eigenvalue weighted by Gasteiger charge is 2.15. The van der Waals surface area contributed by atoms with Crippen LogP contribution in [-0.2, 0) is 0 Å². The number of hydrogen-bond donors (Lipinski definition) is 1. The van der Waals surface area contributed by atoms with Gasteiger partial charge in [-0.15, -0.1) is 0 Å². The number of carboxylic acids is 1. The molecule has 0 aromatic heterocycles. The molecule has 0 heterocycles. The van der Waals surface area contributed by atoms with Crippen molar-refractivity contribution in [3.8, 4) is 11.5 Å². The third-order valence-corrected chi connectivity index (χ3v) is 2.83. The summed E-state index contributed by atoms with van der Waals surface area (Å²) in [5, 5.41) is 9.25. The van der Waals surface area contributed by atoms with E-state index in [4.69, 9.17) is 26.2 Å². The van der Waals surface area contributed by atoms with Crippen molar-refractivity contribution >= 4 is 17.6 Å². The van der Waals surface area contributed by atoms with Crippen molar-refractivity contribution in [2.45, 2.75) is 33.1 Å². The smallest absolute Gasteiger partial charge is 0.335 e. The fraction of sp³-hybridized carbons (Fsp3) is 0.500. The van der Waals surface area contributed by atoms with E-state index in [1.165, 1.54) is 12.1 Å². The predicted octanol–water partition coefficient (Wildman–Crippen LogP) is 4.01. The topological polar surface area (TPSA) is 55.8 Å². The first-order valence-corrected chi connectivity index (χ1v) is 6.80. The molecule has 1 N–H and O–H groups in total. The summed E-state index contributed by atoms with van der Waals surface area (Å²) in [5.41, 5.74) is 0.0920. The van der Waals surface area contributed by atoms with E-state index >= 15 is 0 Å². The summed E-state index contributed by atoms with van der Waals surface area (Å²) in [6.07, 6.45) is 3.11. The molecule has 0 aliphatic rings. The van der Waals surface area contributed by atoms with Crippen molar-refractivity contribution in [2.24, 2.45) is 0 Å². The lowest BCUT2D eigenvalue weighted by Crippen LogP contribution is -2.04. The SMILES string of the molecule is CCCCCOc1c(Cl)cc(C(=O)O)cc1OCC. The second kappa shape index (κ2) is 7.89. The summed E-state index contributed by atoms with van der Waals surface area (Å²) in [4.78, 5) is 11.0. The molecule has 0 atom stereocenters. The van der Waals surface area contributed by atoms with Gasteiger partial charge in [0, 0.05) is 0 Å². The number of carboxylic acid groups (broad SMARTS) is 1. The minimum absolute atomic E-state index is 0.0920. The van der Waals surface area contributed by atoms with Gasteiger partial charge in [-0.05, 0) is 25.5 Å². The monoisotopic (exact) mass is 286 g/mol. The van der Waals surface area contributed by atoms with Crippen LogP contribution in [0.5, 0.6) is 11.5 Å². The summed E-state index contributed by atoms with van der Waals surface area (Å²) in [6, 6.07) is 2.81. The number of benzene rings is 1. The Bertz CT molecular complexity index is 432. The van der Waals surface area contributed by atoms with E-state index in [0.29, 0.717) is 24.7 Å². The molecule has 0 radical (unpaired) electrons. The van der Waals surface area contributed by atoms with E-state index in [1.54, 1.807) is 0 Å². The molecule has 0 saturated heterocycles. The molecule has 19 heavy (non-hydrogen) atoms. The number of carbonyl (C=O) groups is 1. The van der Waals surface area contributed by atoms with Crippen molar-refractivity contribution in [3.05, 3.63) is 22.7 Å². The third-order valence-electron chi connectivity index (χ3n) is 2.55. The molecule has 0 unspecified atom stereocenters. The molecule has 0 saturated carbocycles. The lowest BCUT2D eigenvalue weighted by atomic mass is 10.2. The van der Waals surface area contributed by atoms with E-state index in [1.807, 2.05) is 6.92 Å². The largest absolute Gasteiger partial charge is 0.490 e. The summed E-state index contributed by atoms with van der Waals surface area (Å²) >= 11 is 6.06. The van der Waals surface area contributed by atoms with E-state index in [-0.39, 0.29) is 10.6 Å². The summed E-state index contributed by atoms with van der Waals surface area (Å²) in [7, 11) is 0. The van der Waals surface area contributed by atoms with Crippen LogP contribution < -0.4 is 9.47 Å². The van der Waals surface area contributed by atoms with Gasteiger partial charge in [-0.2, -0.15) is 0 Å². The standard InChI is InChI=1S/C14H19ClO4/c1-3-5-6-7-19-13-11(15)8-10(14(16)17)9-12(13)18-4-2/h8-9H,3-7H2,1-2H3,(H,16,17). The number of rotatable bonds is 8. The van der Waals surface area contributed by atoms with Gasteiger partial charge >= 0.3 is 5.97 Å². The Balaban J connectivity index is 2.90. The summed E-state index contributed by atoms with van der Waals surface area (Å²) < 4.78 is 11.0. The number of aromatic carboxylic acids is 1. The minimum atomic E-state index is -1.04. The first-order valence-electron chi connectivity index (χ1n) is 6.42. The first-order chi connectivity index (χ1) is 9.10. The maximum Gasteiger partial charge on any atom is 0.335 e. The fourth-order valence-electron chi connectivity index (χ4n) is 1.62. The van der Waals surface area contributed by atoms with Gasteiger partial charge in [0.25, 0.3) is 0 Å². The molecule has 1 aromatic rings. The molecule has 106 valence electrons. The minimum Gasteiger partial charge on any atom is -0.490 e. The van der Waals surface area contributed by atoms with Crippen LogP contribution in [0.1, 0.15) is 43.5 Å². The van der Waals surface area contributed by atoms with E-state index in [9.17, 15) is 4.79 Å². The Morgan fingerprint density at radius 2 is 2.00 bits per heavy atom. The Morgan fingerprint density at radius 3 is 2.58 bits per heavy atom. The fourth-order valence-corrected chi connectivity index (χ4v) is 1.89. The molecule has 0 spiro atoms. The quantitative estimate of drug-likeness (QED) is 0.734. The molecule has 0 aliphatic heterocycles. The Kier molecular flexibility index (Phi) is 6.50.